The number of fused-ring (bicyclic) bond motifs is 3. The van der Waals surface area contributed by atoms with Crippen molar-refractivity contribution in [3.63, 3.8) is 0 Å². The van der Waals surface area contributed by atoms with Crippen LogP contribution in [0.25, 0.3) is 21.9 Å². The Morgan fingerprint density at radius 3 is 2.62 bits per heavy atom. The molecule has 3 rings (SSSR count). The molecule has 0 unspecified atom stereocenters. The Morgan fingerprint density at radius 1 is 1.17 bits per heavy atom. The van der Waals surface area contributed by atoms with Gasteiger partial charge < -0.3 is 13.9 Å². The molecule has 0 aliphatic rings. The van der Waals surface area contributed by atoms with Gasteiger partial charge in [-0.05, 0) is 12.1 Å². The minimum absolute atomic E-state index is 0.376. The number of rotatable bonds is 3. The minimum atomic E-state index is -1.68. The zero-order valence-corrected chi connectivity index (χ0v) is 14.7. The van der Waals surface area contributed by atoms with Crippen molar-refractivity contribution in [2.75, 3.05) is 19.0 Å². The van der Waals surface area contributed by atoms with Crippen LogP contribution >= 0.6 is 34.8 Å². The van der Waals surface area contributed by atoms with Gasteiger partial charge in [-0.3, -0.25) is 5.32 Å². The quantitative estimate of drug-likeness (QED) is 0.601. The molecule has 0 saturated carbocycles. The average Bonchev–Trinajstić information content (AvgIpc) is 2.89. The Bertz CT molecular complexity index is 901. The topological polar surface area (TPSA) is 60.7 Å². The summed E-state index contributed by atoms with van der Waals surface area (Å²) in [5.41, 5.74) is 1.73. The van der Waals surface area contributed by atoms with E-state index in [1.165, 1.54) is 7.11 Å². The number of carbonyl (C=O) groups excluding carboxylic acids is 1. The lowest BCUT2D eigenvalue weighted by molar-refractivity contribution is 0.164. The van der Waals surface area contributed by atoms with Gasteiger partial charge in [0.1, 0.15) is 23.5 Å². The average molecular weight is 389 g/mol. The van der Waals surface area contributed by atoms with Crippen LogP contribution < -0.4 is 10.1 Å². The van der Waals surface area contributed by atoms with Gasteiger partial charge in [0, 0.05) is 16.8 Å². The number of hydrogen-bond donors (Lipinski definition) is 1. The SMILES string of the molecule is COc1cc2c(cc1NC(=O)OCC(Cl)(Cl)Cl)oc1ccccc12. The molecule has 0 bridgehead atoms. The number of hydrogen-bond acceptors (Lipinski definition) is 4. The van der Waals surface area contributed by atoms with Crippen molar-refractivity contribution in [1.29, 1.82) is 0 Å². The number of methoxy groups -OCH3 is 1. The van der Waals surface area contributed by atoms with Crippen LogP contribution in [0.4, 0.5) is 10.5 Å². The maximum atomic E-state index is 11.8. The lowest BCUT2D eigenvalue weighted by atomic mass is 10.1. The second kappa shape index (κ2) is 6.59. The Hall–Kier alpha value is -1.82. The fourth-order valence-corrected chi connectivity index (χ4v) is 2.48. The van der Waals surface area contributed by atoms with Crippen molar-refractivity contribution >= 4 is 68.5 Å². The van der Waals surface area contributed by atoms with E-state index in [9.17, 15) is 4.79 Å². The molecule has 0 spiro atoms. The smallest absolute Gasteiger partial charge is 0.411 e. The summed E-state index contributed by atoms with van der Waals surface area (Å²) in [5.74, 6) is 0.458. The number of amides is 1. The molecule has 2 aromatic carbocycles. The largest absolute Gasteiger partial charge is 0.495 e. The lowest BCUT2D eigenvalue weighted by Crippen LogP contribution is -2.21. The van der Waals surface area contributed by atoms with Crippen LogP contribution in [0.2, 0.25) is 0 Å². The van der Waals surface area contributed by atoms with E-state index in [4.69, 9.17) is 48.7 Å². The first kappa shape index (κ1) is 17.0. The number of carbonyl (C=O) groups is 1. The third-order valence-electron chi connectivity index (χ3n) is 3.30. The van der Waals surface area contributed by atoms with Gasteiger partial charge in [-0.2, -0.15) is 0 Å². The van der Waals surface area contributed by atoms with Gasteiger partial charge >= 0.3 is 6.09 Å². The van der Waals surface area contributed by atoms with Gasteiger partial charge in [-0.1, -0.05) is 53.0 Å². The van der Waals surface area contributed by atoms with Crippen molar-refractivity contribution in [2.45, 2.75) is 3.79 Å². The summed E-state index contributed by atoms with van der Waals surface area (Å²) in [6.07, 6.45) is -0.768. The van der Waals surface area contributed by atoms with Crippen LogP contribution in [0, 0.1) is 0 Å². The van der Waals surface area contributed by atoms with Crippen molar-refractivity contribution < 1.29 is 18.7 Å². The van der Waals surface area contributed by atoms with Crippen LogP contribution in [0.1, 0.15) is 0 Å². The van der Waals surface area contributed by atoms with E-state index < -0.39 is 9.89 Å². The summed E-state index contributed by atoms with van der Waals surface area (Å²) in [5, 5.41) is 4.38. The standard InChI is InChI=1S/C16H12Cl3NO4/c1-22-14-6-10-9-4-2-3-5-12(9)24-13(10)7-11(14)20-15(21)23-8-16(17,18)19/h2-7H,8H2,1H3,(H,20,21). The van der Waals surface area contributed by atoms with E-state index in [-0.39, 0.29) is 6.61 Å². The van der Waals surface area contributed by atoms with Crippen LogP contribution in [-0.4, -0.2) is 23.6 Å². The molecule has 0 fully saturated rings. The van der Waals surface area contributed by atoms with E-state index in [1.54, 1.807) is 12.1 Å². The first-order valence-electron chi connectivity index (χ1n) is 6.87. The Balaban J connectivity index is 1.92. The molecule has 126 valence electrons. The molecule has 5 nitrogen and oxygen atoms in total. The predicted octanol–water partition coefficient (Wildman–Crippen LogP) is 5.51. The number of anilines is 1. The number of halogens is 3. The molecule has 0 aliphatic carbocycles. The highest BCUT2D eigenvalue weighted by atomic mass is 35.6. The van der Waals surface area contributed by atoms with Gasteiger partial charge in [-0.25, -0.2) is 4.79 Å². The number of nitrogens with one attached hydrogen (secondary N) is 1. The monoisotopic (exact) mass is 387 g/mol. The third kappa shape index (κ3) is 3.64. The van der Waals surface area contributed by atoms with E-state index in [0.29, 0.717) is 17.0 Å². The van der Waals surface area contributed by atoms with Gasteiger partial charge in [0.2, 0.25) is 3.79 Å². The van der Waals surface area contributed by atoms with E-state index in [0.717, 1.165) is 16.4 Å². The minimum Gasteiger partial charge on any atom is -0.495 e. The molecular formula is C16H12Cl3NO4. The van der Waals surface area contributed by atoms with Gasteiger partial charge in [0.05, 0.1) is 12.8 Å². The van der Waals surface area contributed by atoms with Crippen LogP contribution in [0.5, 0.6) is 5.75 Å². The Labute approximate surface area is 152 Å². The summed E-state index contributed by atoms with van der Waals surface area (Å²) in [4.78, 5) is 11.8. The number of para-hydroxylation sites is 1. The molecule has 24 heavy (non-hydrogen) atoms. The molecule has 0 aliphatic heterocycles. The molecule has 0 saturated heterocycles. The number of furan rings is 1. The van der Waals surface area contributed by atoms with E-state index in [2.05, 4.69) is 5.32 Å². The second-order valence-corrected chi connectivity index (χ2v) is 7.48. The molecule has 0 atom stereocenters. The van der Waals surface area contributed by atoms with Crippen molar-refractivity contribution in [3.05, 3.63) is 36.4 Å². The number of benzene rings is 2. The maximum Gasteiger partial charge on any atom is 0.411 e. The highest BCUT2D eigenvalue weighted by molar-refractivity contribution is 6.67. The van der Waals surface area contributed by atoms with Gasteiger partial charge in [0.15, 0.2) is 0 Å². The molecule has 1 N–H and O–H groups in total. The van der Waals surface area contributed by atoms with Crippen LogP contribution in [-0.2, 0) is 4.74 Å². The summed E-state index contributed by atoms with van der Waals surface area (Å²) in [7, 11) is 1.50. The molecule has 3 aromatic rings. The molecule has 1 heterocycles. The van der Waals surface area contributed by atoms with Crippen molar-refractivity contribution in [1.82, 2.24) is 0 Å². The summed E-state index contributed by atoms with van der Waals surface area (Å²) >= 11 is 16.6. The third-order valence-corrected chi connectivity index (χ3v) is 3.63. The summed E-state index contributed by atoms with van der Waals surface area (Å²) < 4.78 is 14.3. The molecule has 0 radical (unpaired) electrons. The second-order valence-electron chi connectivity index (χ2n) is 4.96. The maximum absolute atomic E-state index is 11.8. The van der Waals surface area contributed by atoms with Crippen LogP contribution in [0.3, 0.4) is 0 Å². The van der Waals surface area contributed by atoms with Crippen molar-refractivity contribution in [3.8, 4) is 5.75 Å². The molecule has 8 heteroatoms. The lowest BCUT2D eigenvalue weighted by Gasteiger charge is -2.13. The zero-order valence-electron chi connectivity index (χ0n) is 12.4. The van der Waals surface area contributed by atoms with Gasteiger partial charge in [-0.15, -0.1) is 0 Å². The number of ether oxygens (including phenoxy) is 2. The van der Waals surface area contributed by atoms with Gasteiger partial charge in [0.25, 0.3) is 0 Å². The fraction of sp³-hybridized carbons (Fsp3) is 0.188. The molecule has 1 amide bonds. The normalized spacial score (nSPS) is 11.7. The van der Waals surface area contributed by atoms with Crippen LogP contribution in [0.15, 0.2) is 40.8 Å². The predicted molar refractivity (Wildman–Crippen MR) is 95.5 cm³/mol. The van der Waals surface area contributed by atoms with E-state index in [1.807, 2.05) is 24.3 Å². The Morgan fingerprint density at radius 2 is 1.92 bits per heavy atom. The Kier molecular flexibility index (Phi) is 4.67. The highest BCUT2D eigenvalue weighted by Gasteiger charge is 2.23. The first-order valence-corrected chi connectivity index (χ1v) is 8.00. The summed E-state index contributed by atoms with van der Waals surface area (Å²) in [6.45, 7) is -0.376. The van der Waals surface area contributed by atoms with E-state index >= 15 is 0 Å². The van der Waals surface area contributed by atoms with Crippen molar-refractivity contribution in [2.24, 2.45) is 0 Å². The molecule has 1 aromatic heterocycles. The zero-order chi connectivity index (χ0) is 17.3. The summed E-state index contributed by atoms with van der Waals surface area (Å²) in [6, 6.07) is 11.1. The first-order chi connectivity index (χ1) is 11.4. The molecular weight excluding hydrogens is 377 g/mol. The number of alkyl halides is 3. The highest BCUT2D eigenvalue weighted by Crippen LogP contribution is 2.36. The fourth-order valence-electron chi connectivity index (χ4n) is 2.31.